The fourth-order valence-electron chi connectivity index (χ4n) is 2.23. The lowest BCUT2D eigenvalue weighted by Crippen LogP contribution is -2.44. The van der Waals surface area contributed by atoms with Crippen LogP contribution in [0.4, 0.5) is 0 Å². The SMILES string of the molecule is CCCOc1ccccc1C(=O)NNC(=O)COc1cc(C)ccc1C. The van der Waals surface area contributed by atoms with Crippen molar-refractivity contribution in [1.82, 2.24) is 10.9 Å². The van der Waals surface area contributed by atoms with Crippen LogP contribution in [0.15, 0.2) is 42.5 Å². The number of benzene rings is 2. The number of hydrogen-bond donors (Lipinski definition) is 2. The van der Waals surface area contributed by atoms with Crippen LogP contribution in [0.2, 0.25) is 0 Å². The lowest BCUT2D eigenvalue weighted by Gasteiger charge is -2.13. The van der Waals surface area contributed by atoms with Crippen LogP contribution in [-0.4, -0.2) is 25.0 Å². The molecule has 138 valence electrons. The lowest BCUT2D eigenvalue weighted by atomic mass is 10.1. The van der Waals surface area contributed by atoms with Gasteiger partial charge < -0.3 is 9.47 Å². The van der Waals surface area contributed by atoms with Crippen molar-refractivity contribution in [3.8, 4) is 11.5 Å². The molecule has 0 heterocycles. The number of amides is 2. The predicted molar refractivity (Wildman–Crippen MR) is 99.2 cm³/mol. The molecule has 0 saturated heterocycles. The third-order valence-electron chi connectivity index (χ3n) is 3.61. The average Bonchev–Trinajstić information content (AvgIpc) is 2.65. The molecule has 0 unspecified atom stereocenters. The summed E-state index contributed by atoms with van der Waals surface area (Å²) in [6.45, 7) is 6.16. The van der Waals surface area contributed by atoms with Crippen LogP contribution in [0, 0.1) is 13.8 Å². The summed E-state index contributed by atoms with van der Waals surface area (Å²) in [4.78, 5) is 24.2. The third-order valence-corrected chi connectivity index (χ3v) is 3.61. The van der Waals surface area contributed by atoms with Crippen LogP contribution in [0.3, 0.4) is 0 Å². The largest absolute Gasteiger partial charge is 0.493 e. The van der Waals surface area contributed by atoms with Gasteiger partial charge >= 0.3 is 0 Å². The molecule has 2 rings (SSSR count). The molecule has 0 aromatic heterocycles. The standard InChI is InChI=1S/C20H24N2O4/c1-4-11-25-17-8-6-5-7-16(17)20(24)22-21-19(23)13-26-18-12-14(2)9-10-15(18)3/h5-10,12H,4,11,13H2,1-3H3,(H,21,23)(H,22,24). The molecular weight excluding hydrogens is 332 g/mol. The summed E-state index contributed by atoms with van der Waals surface area (Å²) in [5.74, 6) is 0.223. The molecule has 0 aliphatic heterocycles. The van der Waals surface area contributed by atoms with E-state index in [1.165, 1.54) is 0 Å². The van der Waals surface area contributed by atoms with Crippen LogP contribution < -0.4 is 20.3 Å². The monoisotopic (exact) mass is 356 g/mol. The minimum Gasteiger partial charge on any atom is -0.493 e. The van der Waals surface area contributed by atoms with Crippen LogP contribution >= 0.6 is 0 Å². The number of para-hydroxylation sites is 1. The summed E-state index contributed by atoms with van der Waals surface area (Å²) in [6, 6.07) is 12.6. The number of hydrogen-bond acceptors (Lipinski definition) is 4. The molecule has 0 fully saturated rings. The molecule has 2 aromatic rings. The van der Waals surface area contributed by atoms with Gasteiger partial charge in [0.25, 0.3) is 11.8 Å². The van der Waals surface area contributed by atoms with Gasteiger partial charge in [0.2, 0.25) is 0 Å². The molecule has 0 atom stereocenters. The predicted octanol–water partition coefficient (Wildman–Crippen LogP) is 2.93. The molecular formula is C20H24N2O4. The van der Waals surface area contributed by atoms with Gasteiger partial charge in [-0.05, 0) is 49.6 Å². The average molecular weight is 356 g/mol. The van der Waals surface area contributed by atoms with Gasteiger partial charge in [-0.25, -0.2) is 0 Å². The zero-order valence-electron chi connectivity index (χ0n) is 15.3. The molecule has 0 radical (unpaired) electrons. The van der Waals surface area contributed by atoms with Crippen molar-refractivity contribution in [3.63, 3.8) is 0 Å². The second-order valence-electron chi connectivity index (χ2n) is 5.90. The highest BCUT2D eigenvalue weighted by Crippen LogP contribution is 2.19. The number of nitrogens with one attached hydrogen (secondary N) is 2. The van der Waals surface area contributed by atoms with E-state index in [1.54, 1.807) is 24.3 Å². The van der Waals surface area contributed by atoms with Crippen LogP contribution in [0.5, 0.6) is 11.5 Å². The Kier molecular flexibility index (Phi) is 7.02. The number of carbonyl (C=O) groups is 2. The summed E-state index contributed by atoms with van der Waals surface area (Å²) in [5.41, 5.74) is 7.07. The van der Waals surface area contributed by atoms with Gasteiger partial charge in [-0.15, -0.1) is 0 Å². The van der Waals surface area contributed by atoms with E-state index in [0.29, 0.717) is 23.7 Å². The molecule has 26 heavy (non-hydrogen) atoms. The van der Waals surface area contributed by atoms with Gasteiger partial charge in [0, 0.05) is 0 Å². The zero-order valence-corrected chi connectivity index (χ0v) is 15.3. The van der Waals surface area contributed by atoms with Gasteiger partial charge in [0.15, 0.2) is 6.61 Å². The summed E-state index contributed by atoms with van der Waals surface area (Å²) >= 11 is 0. The molecule has 6 heteroatoms. The minimum absolute atomic E-state index is 0.196. The van der Waals surface area contributed by atoms with Gasteiger partial charge in [-0.2, -0.15) is 0 Å². The summed E-state index contributed by atoms with van der Waals surface area (Å²) in [6.07, 6.45) is 0.836. The second kappa shape index (κ2) is 9.46. The van der Waals surface area contributed by atoms with Crippen molar-refractivity contribution in [3.05, 3.63) is 59.2 Å². The Morgan fingerprint density at radius 3 is 2.50 bits per heavy atom. The molecule has 0 spiro atoms. The maximum atomic E-state index is 12.3. The number of carbonyl (C=O) groups excluding carboxylic acids is 2. The fourth-order valence-corrected chi connectivity index (χ4v) is 2.23. The van der Waals surface area contributed by atoms with Crippen molar-refractivity contribution >= 4 is 11.8 Å². The molecule has 6 nitrogen and oxygen atoms in total. The summed E-state index contributed by atoms with van der Waals surface area (Å²) in [5, 5.41) is 0. The zero-order chi connectivity index (χ0) is 18.9. The summed E-state index contributed by atoms with van der Waals surface area (Å²) in [7, 11) is 0. The van der Waals surface area contributed by atoms with E-state index in [1.807, 2.05) is 39.0 Å². The fraction of sp³-hybridized carbons (Fsp3) is 0.300. The Morgan fingerprint density at radius 2 is 1.73 bits per heavy atom. The second-order valence-corrected chi connectivity index (χ2v) is 5.90. The van der Waals surface area contributed by atoms with Gasteiger partial charge in [-0.3, -0.25) is 20.4 Å². The smallest absolute Gasteiger partial charge is 0.276 e. The first kappa shape index (κ1) is 19.3. The summed E-state index contributed by atoms with van der Waals surface area (Å²) < 4.78 is 11.1. The quantitative estimate of drug-likeness (QED) is 0.748. The van der Waals surface area contributed by atoms with E-state index in [2.05, 4.69) is 10.9 Å². The number of aryl methyl sites for hydroxylation is 2. The lowest BCUT2D eigenvalue weighted by molar-refractivity contribution is -0.123. The normalized spacial score (nSPS) is 10.1. The first-order valence-electron chi connectivity index (χ1n) is 8.52. The van der Waals surface area contributed by atoms with E-state index >= 15 is 0 Å². The highest BCUT2D eigenvalue weighted by Gasteiger charge is 2.13. The molecule has 0 bridgehead atoms. The maximum Gasteiger partial charge on any atom is 0.276 e. The maximum absolute atomic E-state index is 12.3. The minimum atomic E-state index is -0.453. The Balaban J connectivity index is 1.87. The van der Waals surface area contributed by atoms with Gasteiger partial charge in [0.1, 0.15) is 11.5 Å². The van der Waals surface area contributed by atoms with E-state index in [-0.39, 0.29) is 6.61 Å². The Labute approximate surface area is 153 Å². The number of hydrazine groups is 1. The van der Waals surface area contributed by atoms with Crippen molar-refractivity contribution < 1.29 is 19.1 Å². The third kappa shape index (κ3) is 5.51. The molecule has 0 aliphatic carbocycles. The molecule has 0 aliphatic rings. The molecule has 2 amide bonds. The van der Waals surface area contributed by atoms with Crippen LogP contribution in [-0.2, 0) is 4.79 Å². The van der Waals surface area contributed by atoms with E-state index in [9.17, 15) is 9.59 Å². The number of ether oxygens (including phenoxy) is 2. The van der Waals surface area contributed by atoms with Crippen molar-refractivity contribution in [1.29, 1.82) is 0 Å². The number of rotatable bonds is 7. The van der Waals surface area contributed by atoms with Crippen molar-refractivity contribution in [2.24, 2.45) is 0 Å². The Hall–Kier alpha value is -3.02. The van der Waals surface area contributed by atoms with Crippen LogP contribution in [0.25, 0.3) is 0 Å². The van der Waals surface area contributed by atoms with E-state index < -0.39 is 11.8 Å². The van der Waals surface area contributed by atoms with Crippen LogP contribution in [0.1, 0.15) is 34.8 Å². The highest BCUT2D eigenvalue weighted by molar-refractivity contribution is 5.97. The first-order valence-corrected chi connectivity index (χ1v) is 8.52. The topological polar surface area (TPSA) is 76.7 Å². The van der Waals surface area contributed by atoms with Crippen molar-refractivity contribution in [2.75, 3.05) is 13.2 Å². The Bertz CT molecular complexity index is 774. The first-order chi connectivity index (χ1) is 12.5. The van der Waals surface area contributed by atoms with Gasteiger partial charge in [-0.1, -0.05) is 31.2 Å². The van der Waals surface area contributed by atoms with Gasteiger partial charge in [0.05, 0.1) is 12.2 Å². The van der Waals surface area contributed by atoms with Crippen molar-refractivity contribution in [2.45, 2.75) is 27.2 Å². The highest BCUT2D eigenvalue weighted by atomic mass is 16.5. The Morgan fingerprint density at radius 1 is 0.962 bits per heavy atom. The molecule has 2 aromatic carbocycles. The molecule has 0 saturated carbocycles. The van der Waals surface area contributed by atoms with E-state index in [4.69, 9.17) is 9.47 Å². The molecule has 2 N–H and O–H groups in total. The van der Waals surface area contributed by atoms with E-state index in [0.717, 1.165) is 17.5 Å².